The van der Waals surface area contributed by atoms with Crippen LogP contribution in [-0.2, 0) is 0 Å². The van der Waals surface area contributed by atoms with Crippen molar-refractivity contribution < 1.29 is 10.2 Å². The lowest BCUT2D eigenvalue weighted by molar-refractivity contribution is -0.178. The van der Waals surface area contributed by atoms with Crippen LogP contribution in [0, 0.1) is 45.8 Å². The van der Waals surface area contributed by atoms with E-state index in [2.05, 4.69) is 27.7 Å². The quantitative estimate of drug-likeness (QED) is 0.473. The topological polar surface area (TPSA) is 40.5 Å². The summed E-state index contributed by atoms with van der Waals surface area (Å²) < 4.78 is 0. The zero-order valence-electron chi connectivity index (χ0n) is 20.8. The van der Waals surface area contributed by atoms with Crippen LogP contribution in [-0.4, -0.2) is 21.9 Å². The van der Waals surface area contributed by atoms with Gasteiger partial charge in [-0.25, -0.2) is 0 Å². The fourth-order valence-electron chi connectivity index (χ4n) is 9.62. The summed E-state index contributed by atoms with van der Waals surface area (Å²) in [6, 6.07) is 0. The molecule has 8 atom stereocenters. The maximum absolute atomic E-state index is 10.7. The number of fused-ring (bicyclic) bond motifs is 5. The predicted octanol–water partition coefficient (Wildman–Crippen LogP) is 6.97. The van der Waals surface area contributed by atoms with E-state index in [9.17, 15) is 10.2 Å². The minimum absolute atomic E-state index is 0.0808. The molecule has 4 rings (SSSR count). The first kappa shape index (κ1) is 23.1. The molecule has 2 nitrogen and oxygen atoms in total. The van der Waals surface area contributed by atoms with Crippen LogP contribution in [0.4, 0.5) is 0 Å². The lowest BCUT2D eigenvalue weighted by Crippen LogP contribution is -2.59. The number of aliphatic hydroxyl groups excluding tert-OH is 1. The molecule has 0 amide bonds. The number of hydrogen-bond acceptors (Lipinski definition) is 2. The van der Waals surface area contributed by atoms with Crippen molar-refractivity contribution in [3.8, 4) is 0 Å². The summed E-state index contributed by atoms with van der Waals surface area (Å²) in [5.41, 5.74) is 0.577. The van der Waals surface area contributed by atoms with Crippen LogP contribution in [0.5, 0.6) is 0 Å². The van der Waals surface area contributed by atoms with Crippen LogP contribution in [0.2, 0.25) is 0 Å². The summed E-state index contributed by atoms with van der Waals surface area (Å²) >= 11 is 0. The second-order valence-electron chi connectivity index (χ2n) is 13.8. The van der Waals surface area contributed by atoms with E-state index in [1.807, 2.05) is 13.8 Å². The largest absolute Gasteiger partial charge is 0.393 e. The Morgan fingerprint density at radius 1 is 0.800 bits per heavy atom. The van der Waals surface area contributed by atoms with Gasteiger partial charge < -0.3 is 10.2 Å². The van der Waals surface area contributed by atoms with Gasteiger partial charge in [0, 0.05) is 0 Å². The minimum atomic E-state index is -0.504. The summed E-state index contributed by atoms with van der Waals surface area (Å²) in [6.07, 6.45) is 15.4. The van der Waals surface area contributed by atoms with Crippen LogP contribution in [0.1, 0.15) is 119 Å². The van der Waals surface area contributed by atoms with Gasteiger partial charge in [0.15, 0.2) is 0 Å². The molecule has 4 saturated carbocycles. The lowest BCUT2D eigenvalue weighted by atomic mass is 9.41. The molecule has 174 valence electrons. The zero-order chi connectivity index (χ0) is 21.9. The van der Waals surface area contributed by atoms with Gasteiger partial charge in [-0.3, -0.25) is 0 Å². The lowest BCUT2D eigenvalue weighted by Gasteiger charge is -2.64. The first-order valence-corrected chi connectivity index (χ1v) is 13.3. The van der Waals surface area contributed by atoms with E-state index >= 15 is 0 Å². The third-order valence-electron chi connectivity index (χ3n) is 11.4. The van der Waals surface area contributed by atoms with Crippen LogP contribution < -0.4 is 0 Å². The van der Waals surface area contributed by atoms with Crippen LogP contribution >= 0.6 is 0 Å². The van der Waals surface area contributed by atoms with Crippen molar-refractivity contribution in [3.05, 3.63) is 0 Å². The van der Waals surface area contributed by atoms with E-state index in [0.717, 1.165) is 36.5 Å². The molecule has 4 aliphatic rings. The zero-order valence-corrected chi connectivity index (χ0v) is 20.8. The Balaban J connectivity index is 1.45. The van der Waals surface area contributed by atoms with Crippen molar-refractivity contribution in [2.75, 3.05) is 0 Å². The summed E-state index contributed by atoms with van der Waals surface area (Å²) in [6.45, 7) is 13.9. The van der Waals surface area contributed by atoms with E-state index < -0.39 is 5.60 Å². The molecule has 4 fully saturated rings. The Morgan fingerprint density at radius 2 is 1.47 bits per heavy atom. The smallest absolute Gasteiger partial charge is 0.0594 e. The molecular formula is C28H50O2. The second-order valence-corrected chi connectivity index (χ2v) is 13.8. The van der Waals surface area contributed by atoms with Crippen molar-refractivity contribution in [2.45, 2.75) is 130 Å². The molecule has 2 N–H and O–H groups in total. The van der Waals surface area contributed by atoms with Crippen molar-refractivity contribution in [1.82, 2.24) is 0 Å². The average Bonchev–Trinajstić information content (AvgIpc) is 2.98. The molecule has 0 aromatic carbocycles. The van der Waals surface area contributed by atoms with E-state index in [0.29, 0.717) is 16.7 Å². The van der Waals surface area contributed by atoms with Gasteiger partial charge in [0.1, 0.15) is 0 Å². The van der Waals surface area contributed by atoms with E-state index in [1.165, 1.54) is 64.2 Å². The highest BCUT2D eigenvalue weighted by Crippen LogP contribution is 2.69. The van der Waals surface area contributed by atoms with Gasteiger partial charge in [-0.05, 0) is 124 Å². The fraction of sp³-hybridized carbons (Fsp3) is 1.00. The van der Waals surface area contributed by atoms with Gasteiger partial charge >= 0.3 is 0 Å². The van der Waals surface area contributed by atoms with Gasteiger partial charge in [-0.1, -0.05) is 40.5 Å². The summed E-state index contributed by atoms with van der Waals surface area (Å²) in [5.74, 6) is 4.34. The third kappa shape index (κ3) is 3.70. The molecule has 8 unspecified atom stereocenters. The Kier molecular flexibility index (Phi) is 5.97. The van der Waals surface area contributed by atoms with E-state index in [4.69, 9.17) is 0 Å². The van der Waals surface area contributed by atoms with Gasteiger partial charge in [-0.15, -0.1) is 0 Å². The molecule has 0 aromatic heterocycles. The maximum atomic E-state index is 10.7. The average molecular weight is 419 g/mol. The van der Waals surface area contributed by atoms with Crippen molar-refractivity contribution in [1.29, 1.82) is 0 Å². The Hall–Kier alpha value is -0.0800. The maximum Gasteiger partial charge on any atom is 0.0594 e. The highest BCUT2D eigenvalue weighted by atomic mass is 16.3. The predicted molar refractivity (Wildman–Crippen MR) is 125 cm³/mol. The van der Waals surface area contributed by atoms with Crippen LogP contribution in [0.3, 0.4) is 0 Å². The normalized spacial score (nSPS) is 48.0. The Bertz CT molecular complexity index is 619. The van der Waals surface area contributed by atoms with Crippen molar-refractivity contribution in [3.63, 3.8) is 0 Å². The standard InChI is InChI=1S/C28H50O2/c1-25(2,30)16-8-7-9-19-10-12-21-20-11-13-23-26(3,4)24(29)15-18-28(23,6)22(20)14-17-27(19,21)5/h19-24,29-30H,7-18H2,1-6H3. The molecule has 0 saturated heterocycles. The number of aliphatic hydroxyl groups is 2. The second kappa shape index (κ2) is 7.75. The fourth-order valence-corrected chi connectivity index (χ4v) is 9.62. The van der Waals surface area contributed by atoms with Gasteiger partial charge in [0.2, 0.25) is 0 Å². The summed E-state index contributed by atoms with van der Waals surface area (Å²) in [4.78, 5) is 0. The molecule has 2 heteroatoms. The molecule has 0 radical (unpaired) electrons. The third-order valence-corrected chi connectivity index (χ3v) is 11.4. The molecule has 30 heavy (non-hydrogen) atoms. The van der Waals surface area contributed by atoms with E-state index in [1.54, 1.807) is 0 Å². The number of unbranched alkanes of at least 4 members (excludes halogenated alkanes) is 1. The van der Waals surface area contributed by atoms with Crippen molar-refractivity contribution in [2.24, 2.45) is 45.8 Å². The molecule has 0 spiro atoms. The highest BCUT2D eigenvalue weighted by molar-refractivity contribution is 5.11. The van der Waals surface area contributed by atoms with Crippen molar-refractivity contribution >= 4 is 0 Å². The molecule has 0 heterocycles. The van der Waals surface area contributed by atoms with Gasteiger partial charge in [-0.2, -0.15) is 0 Å². The molecular weight excluding hydrogens is 368 g/mol. The van der Waals surface area contributed by atoms with Crippen LogP contribution in [0.25, 0.3) is 0 Å². The highest BCUT2D eigenvalue weighted by Gasteiger charge is 2.62. The van der Waals surface area contributed by atoms with Gasteiger partial charge in [0.05, 0.1) is 11.7 Å². The monoisotopic (exact) mass is 418 g/mol. The molecule has 0 bridgehead atoms. The number of rotatable bonds is 5. The Morgan fingerprint density at radius 3 is 2.17 bits per heavy atom. The first-order chi connectivity index (χ1) is 13.9. The minimum Gasteiger partial charge on any atom is -0.393 e. The summed E-state index contributed by atoms with van der Waals surface area (Å²) in [7, 11) is 0. The Labute approximate surface area is 186 Å². The van der Waals surface area contributed by atoms with Crippen LogP contribution in [0.15, 0.2) is 0 Å². The molecule has 0 aromatic rings. The molecule has 4 aliphatic carbocycles. The summed E-state index contributed by atoms with van der Waals surface area (Å²) in [5, 5.41) is 20.8. The van der Waals surface area contributed by atoms with Gasteiger partial charge in [0.25, 0.3) is 0 Å². The SMILES string of the molecule is CC(C)(O)CCCCC1CCC2C3CCC4C(C)(C)C(O)CCC4(C)C3CCC12C. The van der Waals surface area contributed by atoms with E-state index in [-0.39, 0.29) is 11.5 Å². The molecule has 0 aliphatic heterocycles. The first-order valence-electron chi connectivity index (χ1n) is 13.3. The number of hydrogen-bond donors (Lipinski definition) is 2.